The summed E-state index contributed by atoms with van der Waals surface area (Å²) in [6.45, 7) is -0.286. The Morgan fingerprint density at radius 1 is 1.32 bits per heavy atom. The molecule has 1 aromatic heterocycles. The second kappa shape index (κ2) is 8.97. The third-order valence-electron chi connectivity index (χ3n) is 4.97. The maximum Gasteiger partial charge on any atom is 0.475 e. The van der Waals surface area contributed by atoms with Crippen LogP contribution < -0.4 is 11.4 Å². The summed E-state index contributed by atoms with van der Waals surface area (Å²) in [5.74, 6) is 0.00752. The number of hydrogen-bond acceptors (Lipinski definition) is 10. The van der Waals surface area contributed by atoms with Crippen LogP contribution in [-0.2, 0) is 22.9 Å². The molecule has 0 radical (unpaired) electrons. The van der Waals surface area contributed by atoms with E-state index in [1.807, 2.05) is 0 Å². The van der Waals surface area contributed by atoms with Gasteiger partial charge in [-0.3, -0.25) is 18.1 Å². The number of aliphatic hydroxyl groups excluding tert-OH is 2. The molecule has 0 unspecified atom stereocenters. The zero-order valence-electron chi connectivity index (χ0n) is 16.1. The number of rotatable bonds is 5. The molecule has 2 saturated heterocycles. The Labute approximate surface area is 181 Å². The van der Waals surface area contributed by atoms with E-state index < -0.39 is 50.8 Å². The van der Waals surface area contributed by atoms with E-state index in [2.05, 4.69) is 4.98 Å². The molecule has 2 aliphatic rings. The molecule has 4 N–H and O–H groups in total. The van der Waals surface area contributed by atoms with Crippen molar-refractivity contribution in [2.75, 3.05) is 18.9 Å². The molecule has 3 heterocycles. The number of halogens is 1. The van der Waals surface area contributed by atoms with Crippen LogP contribution in [0.15, 0.2) is 41.3 Å². The summed E-state index contributed by atoms with van der Waals surface area (Å²) in [6.07, 6.45) is -4.01. The monoisotopic (exact) mass is 473 g/mol. The Balaban J connectivity index is 1.42. The minimum absolute atomic E-state index is 0.00752. The zero-order valence-corrected chi connectivity index (χ0v) is 17.8. The molecule has 0 saturated carbocycles. The van der Waals surface area contributed by atoms with Crippen molar-refractivity contribution in [2.45, 2.75) is 37.1 Å². The minimum atomic E-state index is -3.97. The Morgan fingerprint density at radius 2 is 2.13 bits per heavy atom. The predicted molar refractivity (Wildman–Crippen MR) is 108 cm³/mol. The number of phosphoric ester groups is 1. The number of phosphoric acid groups is 1. The van der Waals surface area contributed by atoms with E-state index in [4.69, 9.17) is 35.6 Å². The summed E-state index contributed by atoms with van der Waals surface area (Å²) < 4.78 is 35.6. The lowest BCUT2D eigenvalue weighted by molar-refractivity contribution is -0.0609. The smallest absolute Gasteiger partial charge is 0.387 e. The molecule has 13 heteroatoms. The van der Waals surface area contributed by atoms with Crippen molar-refractivity contribution in [1.82, 2.24) is 9.55 Å². The van der Waals surface area contributed by atoms with Crippen LogP contribution in [0.1, 0.15) is 24.3 Å². The third kappa shape index (κ3) is 4.84. The van der Waals surface area contributed by atoms with Crippen LogP contribution in [0.4, 0.5) is 5.82 Å². The van der Waals surface area contributed by atoms with Gasteiger partial charge in [0.2, 0.25) is 0 Å². The van der Waals surface area contributed by atoms with Crippen molar-refractivity contribution < 1.29 is 33.1 Å². The Hall–Kier alpha value is -1.82. The van der Waals surface area contributed by atoms with Gasteiger partial charge in [-0.2, -0.15) is 4.98 Å². The average Bonchev–Trinajstić information content (AvgIpc) is 3.01. The van der Waals surface area contributed by atoms with Crippen LogP contribution in [0.3, 0.4) is 0 Å². The topological polar surface area (TPSA) is 155 Å². The Kier molecular flexibility index (Phi) is 6.47. The number of aliphatic hydroxyl groups is 2. The molecule has 0 bridgehead atoms. The highest BCUT2D eigenvalue weighted by molar-refractivity contribution is 7.48. The van der Waals surface area contributed by atoms with Gasteiger partial charge in [0.25, 0.3) is 0 Å². The summed E-state index contributed by atoms with van der Waals surface area (Å²) in [7, 11) is -3.97. The van der Waals surface area contributed by atoms with Gasteiger partial charge in [0.05, 0.1) is 19.3 Å². The largest absolute Gasteiger partial charge is 0.475 e. The van der Waals surface area contributed by atoms with Gasteiger partial charge in [-0.25, -0.2) is 9.36 Å². The SMILES string of the molecule is Nc1ccn([C@@H]2O[C@H](CO[P@]3(=O)OCC[C@H](c4cccc(Cl)c4)O3)[C@@H](O)[C@@H]2O)c(=O)n1. The van der Waals surface area contributed by atoms with Crippen molar-refractivity contribution in [1.29, 1.82) is 0 Å². The molecule has 1 aromatic carbocycles. The van der Waals surface area contributed by atoms with Gasteiger partial charge in [0.15, 0.2) is 6.23 Å². The van der Waals surface area contributed by atoms with Gasteiger partial charge in [-0.1, -0.05) is 23.7 Å². The Morgan fingerprint density at radius 3 is 2.87 bits per heavy atom. The van der Waals surface area contributed by atoms with E-state index in [0.29, 0.717) is 11.4 Å². The fraction of sp³-hybridized carbons (Fsp3) is 0.444. The highest BCUT2D eigenvalue weighted by atomic mass is 35.5. The number of nitrogens with zero attached hydrogens (tertiary/aromatic N) is 2. The number of ether oxygens (including phenoxy) is 1. The number of nitrogen functional groups attached to an aromatic ring is 1. The lowest BCUT2D eigenvalue weighted by Gasteiger charge is -2.29. The summed E-state index contributed by atoms with van der Waals surface area (Å²) in [6, 6.07) is 8.30. The fourth-order valence-corrected chi connectivity index (χ4v) is 4.99. The van der Waals surface area contributed by atoms with Crippen molar-refractivity contribution in [3.8, 4) is 0 Å². The van der Waals surface area contributed by atoms with Crippen LogP contribution in [0.25, 0.3) is 0 Å². The quantitative estimate of drug-likeness (QED) is 0.542. The normalized spacial score (nSPS) is 33.5. The molecular formula is C18H21ClN3O8P. The van der Waals surface area contributed by atoms with Crippen molar-refractivity contribution >= 4 is 25.2 Å². The van der Waals surface area contributed by atoms with Crippen molar-refractivity contribution in [3.63, 3.8) is 0 Å². The molecule has 31 heavy (non-hydrogen) atoms. The van der Waals surface area contributed by atoms with Crippen molar-refractivity contribution in [3.05, 3.63) is 57.6 Å². The molecule has 2 aliphatic heterocycles. The first-order valence-electron chi connectivity index (χ1n) is 9.45. The van der Waals surface area contributed by atoms with Crippen LogP contribution >= 0.6 is 19.4 Å². The Bertz CT molecular complexity index is 1050. The van der Waals surface area contributed by atoms with Gasteiger partial charge in [-0.05, 0) is 23.8 Å². The van der Waals surface area contributed by atoms with Crippen LogP contribution in [0.2, 0.25) is 5.02 Å². The number of aromatic nitrogens is 2. The standard InChI is InChI=1S/C18H21ClN3O8P/c19-11-3-1-2-10(8-11)12-5-7-27-31(26,30-12)28-9-13-15(23)16(24)17(29-13)22-6-4-14(20)21-18(22)25/h1-4,6,8,12-13,15-17,23-24H,5,7,9H2,(H2,20,21,25)/t12-,13-,15-,16+,17-,31+/m1/s1. The lowest BCUT2D eigenvalue weighted by Crippen LogP contribution is -2.36. The first-order chi connectivity index (χ1) is 14.8. The van der Waals surface area contributed by atoms with Crippen molar-refractivity contribution in [2.24, 2.45) is 0 Å². The maximum absolute atomic E-state index is 12.9. The highest BCUT2D eigenvalue weighted by Crippen LogP contribution is 2.57. The van der Waals surface area contributed by atoms with E-state index in [-0.39, 0.29) is 12.4 Å². The van der Waals surface area contributed by atoms with E-state index in [1.54, 1.807) is 24.3 Å². The van der Waals surface area contributed by atoms with E-state index >= 15 is 0 Å². The molecule has 4 rings (SSSR count). The second-order valence-corrected chi connectivity index (χ2v) is 9.16. The van der Waals surface area contributed by atoms with E-state index in [1.165, 1.54) is 12.3 Å². The third-order valence-corrected chi connectivity index (χ3v) is 6.68. The molecule has 0 aliphatic carbocycles. The zero-order chi connectivity index (χ0) is 22.2. The lowest BCUT2D eigenvalue weighted by atomic mass is 10.1. The summed E-state index contributed by atoms with van der Waals surface area (Å²) in [5.41, 5.74) is 5.43. The summed E-state index contributed by atoms with van der Waals surface area (Å²) >= 11 is 6.01. The molecule has 0 amide bonds. The van der Waals surface area contributed by atoms with Gasteiger partial charge < -0.3 is 20.7 Å². The van der Waals surface area contributed by atoms with Crippen LogP contribution in [0, 0.1) is 0 Å². The molecular weight excluding hydrogens is 453 g/mol. The van der Waals surface area contributed by atoms with Crippen LogP contribution in [0.5, 0.6) is 0 Å². The molecule has 168 valence electrons. The minimum Gasteiger partial charge on any atom is -0.387 e. The number of nitrogens with two attached hydrogens (primary N) is 1. The molecule has 11 nitrogen and oxygen atoms in total. The first-order valence-corrected chi connectivity index (χ1v) is 11.3. The summed E-state index contributed by atoms with van der Waals surface area (Å²) in [5, 5.41) is 21.1. The van der Waals surface area contributed by atoms with Gasteiger partial charge in [-0.15, -0.1) is 0 Å². The predicted octanol–water partition coefficient (Wildman–Crippen LogP) is 1.40. The second-order valence-electron chi connectivity index (χ2n) is 7.10. The van der Waals surface area contributed by atoms with E-state index in [0.717, 1.165) is 10.1 Å². The molecule has 0 spiro atoms. The number of hydrogen-bond donors (Lipinski definition) is 3. The fourth-order valence-electron chi connectivity index (χ4n) is 3.39. The summed E-state index contributed by atoms with van der Waals surface area (Å²) in [4.78, 5) is 15.6. The van der Waals surface area contributed by atoms with Gasteiger partial charge in [0.1, 0.15) is 24.1 Å². The van der Waals surface area contributed by atoms with Gasteiger partial charge >= 0.3 is 13.5 Å². The number of anilines is 1. The maximum atomic E-state index is 12.9. The highest BCUT2D eigenvalue weighted by Gasteiger charge is 2.46. The van der Waals surface area contributed by atoms with E-state index in [9.17, 15) is 19.6 Å². The van der Waals surface area contributed by atoms with Crippen LogP contribution in [-0.4, -0.2) is 51.3 Å². The molecule has 2 fully saturated rings. The number of benzene rings is 1. The molecule has 2 aromatic rings. The first kappa shape index (κ1) is 22.4. The average molecular weight is 474 g/mol. The van der Waals surface area contributed by atoms with Gasteiger partial charge in [0, 0.05) is 17.6 Å². The molecule has 6 atom stereocenters.